The van der Waals surface area contributed by atoms with E-state index in [1.165, 1.54) is 0 Å². The lowest BCUT2D eigenvalue weighted by molar-refractivity contribution is -0.00409. The molecule has 1 N–H and O–H groups in total. The van der Waals surface area contributed by atoms with E-state index in [4.69, 9.17) is 9.47 Å². The third-order valence-corrected chi connectivity index (χ3v) is 4.61. The number of hydrogen-bond donors (Lipinski definition) is 1. The number of ether oxygens (including phenoxy) is 2. The molecule has 1 saturated carbocycles. The van der Waals surface area contributed by atoms with E-state index in [-0.39, 0.29) is 18.1 Å². The van der Waals surface area contributed by atoms with Crippen molar-refractivity contribution >= 4 is 5.91 Å². The standard InChI is InChI=1S/C19H26N4O3/c1-14-11-17(22-18(12-14)23-8-7-20-13-23)19(24)21-15-3-5-16(6-4-15)26-10-9-25-2/h7-8,11-13,15-16H,3-6,9-10H2,1-2H3,(H,21,24)/t15-,16-. The van der Waals surface area contributed by atoms with Gasteiger partial charge in [-0.05, 0) is 50.3 Å². The SMILES string of the molecule is COCCO[C@H]1CC[C@H](NC(=O)c2cc(C)cc(-n3ccnc3)n2)CC1. The number of aromatic nitrogens is 3. The molecule has 1 aliphatic rings. The van der Waals surface area contributed by atoms with Gasteiger partial charge in [-0.2, -0.15) is 0 Å². The minimum Gasteiger partial charge on any atom is -0.382 e. The Balaban J connectivity index is 1.56. The molecule has 140 valence electrons. The first kappa shape index (κ1) is 18.5. The zero-order chi connectivity index (χ0) is 18.4. The number of pyridine rings is 1. The van der Waals surface area contributed by atoms with E-state index in [9.17, 15) is 4.79 Å². The van der Waals surface area contributed by atoms with Crippen molar-refractivity contribution in [3.8, 4) is 5.82 Å². The Morgan fingerprint density at radius 3 is 2.77 bits per heavy atom. The molecule has 0 radical (unpaired) electrons. The lowest BCUT2D eigenvalue weighted by atomic mass is 9.93. The van der Waals surface area contributed by atoms with Gasteiger partial charge in [-0.15, -0.1) is 0 Å². The number of imidazole rings is 1. The average Bonchev–Trinajstić information content (AvgIpc) is 3.18. The average molecular weight is 358 g/mol. The van der Waals surface area contributed by atoms with Crippen molar-refractivity contribution in [2.45, 2.75) is 44.8 Å². The van der Waals surface area contributed by atoms with Gasteiger partial charge in [0.15, 0.2) is 0 Å². The number of hydrogen-bond acceptors (Lipinski definition) is 5. The van der Waals surface area contributed by atoms with Crippen LogP contribution in [0.1, 0.15) is 41.7 Å². The Bertz CT molecular complexity index is 710. The minimum absolute atomic E-state index is 0.126. The summed E-state index contributed by atoms with van der Waals surface area (Å²) >= 11 is 0. The molecule has 0 aromatic carbocycles. The fourth-order valence-corrected chi connectivity index (χ4v) is 3.22. The number of nitrogens with zero attached hydrogens (tertiary/aromatic N) is 3. The van der Waals surface area contributed by atoms with E-state index in [1.807, 2.05) is 25.3 Å². The van der Waals surface area contributed by atoms with Crippen LogP contribution < -0.4 is 5.32 Å². The van der Waals surface area contributed by atoms with Gasteiger partial charge in [-0.25, -0.2) is 9.97 Å². The van der Waals surface area contributed by atoms with E-state index in [0.29, 0.717) is 24.7 Å². The van der Waals surface area contributed by atoms with Crippen molar-refractivity contribution in [1.29, 1.82) is 0 Å². The molecule has 3 rings (SSSR count). The van der Waals surface area contributed by atoms with Crippen LogP contribution in [0.4, 0.5) is 0 Å². The molecule has 7 heteroatoms. The molecule has 1 fully saturated rings. The van der Waals surface area contributed by atoms with Crippen LogP contribution >= 0.6 is 0 Å². The van der Waals surface area contributed by atoms with E-state index >= 15 is 0 Å². The zero-order valence-electron chi connectivity index (χ0n) is 15.4. The quantitative estimate of drug-likeness (QED) is 0.768. The predicted molar refractivity (Wildman–Crippen MR) is 97.4 cm³/mol. The summed E-state index contributed by atoms with van der Waals surface area (Å²) < 4.78 is 12.6. The lowest BCUT2D eigenvalue weighted by Crippen LogP contribution is -2.39. The second-order valence-electron chi connectivity index (χ2n) is 6.67. The molecule has 1 amide bonds. The molecule has 0 saturated heterocycles. The summed E-state index contributed by atoms with van der Waals surface area (Å²) in [4.78, 5) is 21.1. The summed E-state index contributed by atoms with van der Waals surface area (Å²) in [5.74, 6) is 0.571. The third-order valence-electron chi connectivity index (χ3n) is 4.61. The predicted octanol–water partition coefficient (Wildman–Crippen LogP) is 2.28. The Kier molecular flexibility index (Phi) is 6.35. The van der Waals surface area contributed by atoms with E-state index in [0.717, 1.165) is 31.2 Å². The van der Waals surface area contributed by atoms with Crippen molar-refractivity contribution in [2.75, 3.05) is 20.3 Å². The Hall–Kier alpha value is -2.25. The minimum atomic E-state index is -0.126. The van der Waals surface area contributed by atoms with Gasteiger partial charge in [0.2, 0.25) is 0 Å². The summed E-state index contributed by atoms with van der Waals surface area (Å²) in [6, 6.07) is 3.92. The van der Waals surface area contributed by atoms with E-state index in [1.54, 1.807) is 24.2 Å². The van der Waals surface area contributed by atoms with Crippen LogP contribution in [-0.2, 0) is 9.47 Å². The van der Waals surface area contributed by atoms with Crippen molar-refractivity contribution in [3.05, 3.63) is 42.1 Å². The first-order chi connectivity index (χ1) is 12.7. The van der Waals surface area contributed by atoms with Crippen molar-refractivity contribution in [2.24, 2.45) is 0 Å². The Morgan fingerprint density at radius 1 is 1.27 bits per heavy atom. The highest BCUT2D eigenvalue weighted by molar-refractivity contribution is 5.92. The molecule has 0 atom stereocenters. The van der Waals surface area contributed by atoms with Crippen LogP contribution in [0.15, 0.2) is 30.9 Å². The molecule has 2 aromatic rings. The van der Waals surface area contributed by atoms with Gasteiger partial charge in [0, 0.05) is 25.5 Å². The smallest absolute Gasteiger partial charge is 0.270 e. The summed E-state index contributed by atoms with van der Waals surface area (Å²) in [5, 5.41) is 3.12. The summed E-state index contributed by atoms with van der Waals surface area (Å²) in [7, 11) is 1.67. The number of nitrogens with one attached hydrogen (secondary N) is 1. The molecule has 0 aliphatic heterocycles. The fraction of sp³-hybridized carbons (Fsp3) is 0.526. The zero-order valence-corrected chi connectivity index (χ0v) is 15.4. The second-order valence-corrected chi connectivity index (χ2v) is 6.67. The molecule has 0 bridgehead atoms. The number of carbonyl (C=O) groups excluding carboxylic acids is 1. The molecule has 1 aliphatic carbocycles. The van der Waals surface area contributed by atoms with Crippen LogP contribution in [0.2, 0.25) is 0 Å². The summed E-state index contributed by atoms with van der Waals surface area (Å²) in [5.41, 5.74) is 1.43. The Morgan fingerprint density at radius 2 is 2.08 bits per heavy atom. The second kappa shape index (κ2) is 8.91. The summed E-state index contributed by atoms with van der Waals surface area (Å²) in [6.45, 7) is 3.21. The number of aryl methyl sites for hydroxylation is 1. The van der Waals surface area contributed by atoms with Crippen LogP contribution in [0.5, 0.6) is 0 Å². The maximum absolute atomic E-state index is 12.6. The van der Waals surface area contributed by atoms with Gasteiger partial charge in [0.05, 0.1) is 19.3 Å². The largest absolute Gasteiger partial charge is 0.382 e. The van der Waals surface area contributed by atoms with Gasteiger partial charge in [-0.3, -0.25) is 9.36 Å². The number of carbonyl (C=O) groups is 1. The summed E-state index contributed by atoms with van der Waals surface area (Å²) in [6.07, 6.45) is 9.20. The highest BCUT2D eigenvalue weighted by atomic mass is 16.5. The van der Waals surface area contributed by atoms with Crippen molar-refractivity contribution in [1.82, 2.24) is 19.9 Å². The highest BCUT2D eigenvalue weighted by Gasteiger charge is 2.23. The highest BCUT2D eigenvalue weighted by Crippen LogP contribution is 2.21. The maximum Gasteiger partial charge on any atom is 0.270 e. The molecule has 0 spiro atoms. The van der Waals surface area contributed by atoms with E-state index in [2.05, 4.69) is 15.3 Å². The van der Waals surface area contributed by atoms with Crippen LogP contribution in [0.25, 0.3) is 5.82 Å². The van der Waals surface area contributed by atoms with Crippen LogP contribution in [-0.4, -0.2) is 52.9 Å². The van der Waals surface area contributed by atoms with Crippen LogP contribution in [0, 0.1) is 6.92 Å². The van der Waals surface area contributed by atoms with Crippen LogP contribution in [0.3, 0.4) is 0 Å². The monoisotopic (exact) mass is 358 g/mol. The van der Waals surface area contributed by atoms with Gasteiger partial charge in [0.25, 0.3) is 5.91 Å². The molecule has 2 heterocycles. The topological polar surface area (TPSA) is 78.3 Å². The molecule has 26 heavy (non-hydrogen) atoms. The first-order valence-corrected chi connectivity index (χ1v) is 9.04. The van der Waals surface area contributed by atoms with Gasteiger partial charge in [0.1, 0.15) is 17.8 Å². The van der Waals surface area contributed by atoms with E-state index < -0.39 is 0 Å². The molecule has 2 aromatic heterocycles. The van der Waals surface area contributed by atoms with Gasteiger partial charge in [-0.1, -0.05) is 0 Å². The number of methoxy groups -OCH3 is 1. The number of amides is 1. The van der Waals surface area contributed by atoms with Gasteiger partial charge >= 0.3 is 0 Å². The van der Waals surface area contributed by atoms with Crippen molar-refractivity contribution < 1.29 is 14.3 Å². The molecule has 0 unspecified atom stereocenters. The molecular formula is C19H26N4O3. The Labute approximate surface area is 153 Å². The molecule has 7 nitrogen and oxygen atoms in total. The lowest BCUT2D eigenvalue weighted by Gasteiger charge is -2.29. The third kappa shape index (κ3) is 4.89. The van der Waals surface area contributed by atoms with Crippen molar-refractivity contribution in [3.63, 3.8) is 0 Å². The molecular weight excluding hydrogens is 332 g/mol. The maximum atomic E-state index is 12.6. The normalized spacial score (nSPS) is 20.1. The first-order valence-electron chi connectivity index (χ1n) is 9.04. The van der Waals surface area contributed by atoms with Gasteiger partial charge < -0.3 is 14.8 Å². The number of rotatable bonds is 7. The fourth-order valence-electron chi connectivity index (χ4n) is 3.22.